The standard InChI is InChI=1S/C13H16BrClN2O2/c1-19-13(18)9-7-16-12(15)10(14)11(9)17-8-5-3-2-4-6-8/h7-8H,2-6H2,1H3,(H,16,17). The maximum atomic E-state index is 11.8. The number of carbonyl (C=O) groups is 1. The predicted molar refractivity (Wildman–Crippen MR) is 78.8 cm³/mol. The molecule has 0 bridgehead atoms. The molecule has 1 fully saturated rings. The molecule has 0 unspecified atom stereocenters. The lowest BCUT2D eigenvalue weighted by molar-refractivity contribution is 0.0601. The van der Waals surface area contributed by atoms with Gasteiger partial charge in [0, 0.05) is 12.2 Å². The molecule has 4 nitrogen and oxygen atoms in total. The minimum absolute atomic E-state index is 0.339. The smallest absolute Gasteiger partial charge is 0.341 e. The SMILES string of the molecule is COC(=O)c1cnc(Cl)c(Br)c1NC1CCCCC1. The summed E-state index contributed by atoms with van der Waals surface area (Å²) in [4.78, 5) is 15.8. The van der Waals surface area contributed by atoms with E-state index in [-0.39, 0.29) is 0 Å². The molecule has 1 N–H and O–H groups in total. The third-order valence-corrected chi connectivity index (χ3v) is 4.62. The Morgan fingerprint density at radius 1 is 1.47 bits per heavy atom. The Morgan fingerprint density at radius 3 is 2.79 bits per heavy atom. The van der Waals surface area contributed by atoms with Crippen LogP contribution in [0.1, 0.15) is 42.5 Å². The van der Waals surface area contributed by atoms with Crippen LogP contribution in [-0.4, -0.2) is 24.1 Å². The molecule has 1 aromatic heterocycles. The predicted octanol–water partition coefficient (Wildman–Crippen LogP) is 4.03. The molecule has 1 aliphatic carbocycles. The van der Waals surface area contributed by atoms with E-state index in [0.29, 0.717) is 26.9 Å². The largest absolute Gasteiger partial charge is 0.465 e. The van der Waals surface area contributed by atoms with Crippen LogP contribution in [0.4, 0.5) is 5.69 Å². The number of methoxy groups -OCH3 is 1. The molecule has 0 spiro atoms. The zero-order valence-electron chi connectivity index (χ0n) is 10.7. The summed E-state index contributed by atoms with van der Waals surface area (Å²) in [7, 11) is 1.36. The topological polar surface area (TPSA) is 51.2 Å². The fourth-order valence-electron chi connectivity index (χ4n) is 2.32. The molecule has 1 aromatic rings. The van der Waals surface area contributed by atoms with Gasteiger partial charge in [-0.15, -0.1) is 0 Å². The van der Waals surface area contributed by atoms with Crippen LogP contribution in [-0.2, 0) is 4.74 Å². The lowest BCUT2D eigenvalue weighted by Crippen LogP contribution is -2.24. The summed E-state index contributed by atoms with van der Waals surface area (Å²) >= 11 is 9.39. The number of halogens is 2. The van der Waals surface area contributed by atoms with Gasteiger partial charge in [0.25, 0.3) is 0 Å². The fourth-order valence-corrected chi connectivity index (χ4v) is 2.89. The molecular weight excluding hydrogens is 332 g/mol. The van der Waals surface area contributed by atoms with Gasteiger partial charge in [-0.3, -0.25) is 0 Å². The number of pyridine rings is 1. The van der Waals surface area contributed by atoms with Crippen LogP contribution in [0.5, 0.6) is 0 Å². The Bertz CT molecular complexity index is 476. The second-order valence-corrected chi connectivity index (χ2v) is 5.77. The number of ether oxygens (including phenoxy) is 1. The molecule has 1 heterocycles. The zero-order valence-corrected chi connectivity index (χ0v) is 13.1. The van der Waals surface area contributed by atoms with Crippen molar-refractivity contribution >= 4 is 39.2 Å². The average molecular weight is 348 g/mol. The van der Waals surface area contributed by atoms with E-state index in [1.54, 1.807) is 0 Å². The third-order valence-electron chi connectivity index (χ3n) is 3.34. The van der Waals surface area contributed by atoms with Crippen molar-refractivity contribution < 1.29 is 9.53 Å². The molecule has 1 aliphatic rings. The van der Waals surface area contributed by atoms with Gasteiger partial charge in [-0.05, 0) is 28.8 Å². The van der Waals surface area contributed by atoms with Crippen LogP contribution >= 0.6 is 27.5 Å². The number of nitrogens with zero attached hydrogens (tertiary/aromatic N) is 1. The van der Waals surface area contributed by atoms with E-state index in [1.807, 2.05) is 0 Å². The van der Waals surface area contributed by atoms with Crippen molar-refractivity contribution in [3.8, 4) is 0 Å². The number of hydrogen-bond donors (Lipinski definition) is 1. The minimum Gasteiger partial charge on any atom is -0.465 e. The highest BCUT2D eigenvalue weighted by Gasteiger charge is 2.21. The van der Waals surface area contributed by atoms with Crippen LogP contribution in [0.2, 0.25) is 5.15 Å². The van der Waals surface area contributed by atoms with Gasteiger partial charge in [0.05, 0.1) is 17.3 Å². The minimum atomic E-state index is -0.414. The first-order valence-electron chi connectivity index (χ1n) is 6.32. The monoisotopic (exact) mass is 346 g/mol. The lowest BCUT2D eigenvalue weighted by Gasteiger charge is -2.25. The van der Waals surface area contributed by atoms with Gasteiger partial charge >= 0.3 is 5.97 Å². The Kier molecular flexibility index (Phi) is 5.05. The molecule has 19 heavy (non-hydrogen) atoms. The van der Waals surface area contributed by atoms with Crippen LogP contribution in [0, 0.1) is 0 Å². The molecular formula is C13H16BrClN2O2. The summed E-state index contributed by atoms with van der Waals surface area (Å²) in [5, 5.41) is 3.74. The van der Waals surface area contributed by atoms with Gasteiger partial charge in [-0.2, -0.15) is 0 Å². The van der Waals surface area contributed by atoms with E-state index in [0.717, 1.165) is 12.8 Å². The molecule has 0 radical (unpaired) electrons. The summed E-state index contributed by atoms with van der Waals surface area (Å²) < 4.78 is 5.39. The van der Waals surface area contributed by atoms with Crippen molar-refractivity contribution in [3.05, 3.63) is 21.4 Å². The van der Waals surface area contributed by atoms with Crippen molar-refractivity contribution in [1.82, 2.24) is 4.98 Å². The Morgan fingerprint density at radius 2 is 2.16 bits per heavy atom. The number of hydrogen-bond acceptors (Lipinski definition) is 4. The van der Waals surface area contributed by atoms with Crippen molar-refractivity contribution in [2.75, 3.05) is 12.4 Å². The highest BCUT2D eigenvalue weighted by molar-refractivity contribution is 9.10. The number of anilines is 1. The average Bonchev–Trinajstić information content (AvgIpc) is 2.44. The van der Waals surface area contributed by atoms with Gasteiger partial charge in [-0.1, -0.05) is 30.9 Å². The molecule has 1 saturated carbocycles. The number of aromatic nitrogens is 1. The van der Waals surface area contributed by atoms with Crippen molar-refractivity contribution in [2.45, 2.75) is 38.1 Å². The van der Waals surface area contributed by atoms with Crippen LogP contribution < -0.4 is 5.32 Å². The number of esters is 1. The van der Waals surface area contributed by atoms with E-state index in [4.69, 9.17) is 16.3 Å². The van der Waals surface area contributed by atoms with Crippen molar-refractivity contribution in [2.24, 2.45) is 0 Å². The highest BCUT2D eigenvalue weighted by Crippen LogP contribution is 2.34. The maximum absolute atomic E-state index is 11.8. The summed E-state index contributed by atoms with van der Waals surface area (Å²) in [5.41, 5.74) is 1.09. The van der Waals surface area contributed by atoms with Gasteiger partial charge < -0.3 is 10.1 Å². The van der Waals surface area contributed by atoms with E-state index in [2.05, 4.69) is 26.2 Å². The van der Waals surface area contributed by atoms with Crippen molar-refractivity contribution in [3.63, 3.8) is 0 Å². The summed E-state index contributed by atoms with van der Waals surface area (Å²) in [5.74, 6) is -0.414. The first kappa shape index (κ1) is 14.6. The van der Waals surface area contributed by atoms with Gasteiger partial charge in [-0.25, -0.2) is 9.78 Å². The summed E-state index contributed by atoms with van der Waals surface area (Å²) in [6.07, 6.45) is 7.35. The Labute approximate surface area is 126 Å². The first-order chi connectivity index (χ1) is 9.13. The molecule has 6 heteroatoms. The Balaban J connectivity index is 2.29. The molecule has 104 valence electrons. The van der Waals surface area contributed by atoms with Gasteiger partial charge in [0.15, 0.2) is 0 Å². The van der Waals surface area contributed by atoms with Crippen LogP contribution in [0.3, 0.4) is 0 Å². The number of carbonyl (C=O) groups excluding carboxylic acids is 1. The van der Waals surface area contributed by atoms with Crippen LogP contribution in [0.15, 0.2) is 10.7 Å². The number of rotatable bonds is 3. The van der Waals surface area contributed by atoms with Crippen LogP contribution in [0.25, 0.3) is 0 Å². The second-order valence-electron chi connectivity index (χ2n) is 4.62. The summed E-state index contributed by atoms with van der Waals surface area (Å²) in [6.45, 7) is 0. The quantitative estimate of drug-likeness (QED) is 0.662. The molecule has 0 saturated heterocycles. The highest BCUT2D eigenvalue weighted by atomic mass is 79.9. The summed E-state index contributed by atoms with van der Waals surface area (Å²) in [6, 6.07) is 0.368. The molecule has 0 aromatic carbocycles. The molecule has 2 rings (SSSR count). The molecule has 0 atom stereocenters. The first-order valence-corrected chi connectivity index (χ1v) is 7.49. The van der Waals surface area contributed by atoms with E-state index >= 15 is 0 Å². The normalized spacial score (nSPS) is 16.2. The third kappa shape index (κ3) is 3.39. The maximum Gasteiger partial charge on any atom is 0.341 e. The zero-order chi connectivity index (χ0) is 13.8. The Hall–Kier alpha value is -0.810. The van der Waals surface area contributed by atoms with Crippen molar-refractivity contribution in [1.29, 1.82) is 0 Å². The van der Waals surface area contributed by atoms with Gasteiger partial charge in [0.1, 0.15) is 10.7 Å². The molecule has 0 amide bonds. The lowest BCUT2D eigenvalue weighted by atomic mass is 9.95. The number of nitrogens with one attached hydrogen (secondary N) is 1. The van der Waals surface area contributed by atoms with E-state index in [1.165, 1.54) is 32.6 Å². The van der Waals surface area contributed by atoms with E-state index < -0.39 is 5.97 Å². The van der Waals surface area contributed by atoms with E-state index in [9.17, 15) is 4.79 Å². The second kappa shape index (κ2) is 6.57. The fraction of sp³-hybridized carbons (Fsp3) is 0.538. The molecule has 0 aliphatic heterocycles. The van der Waals surface area contributed by atoms with Gasteiger partial charge in [0.2, 0.25) is 0 Å².